The van der Waals surface area contributed by atoms with Gasteiger partial charge in [-0.2, -0.15) is 0 Å². The van der Waals surface area contributed by atoms with Crippen molar-refractivity contribution >= 4 is 11.9 Å². The van der Waals surface area contributed by atoms with E-state index in [-0.39, 0.29) is 17.9 Å². The summed E-state index contributed by atoms with van der Waals surface area (Å²) in [5, 5.41) is 9.45. The Kier molecular flexibility index (Phi) is 4.28. The number of aliphatic carboxylic acids is 1. The van der Waals surface area contributed by atoms with Gasteiger partial charge in [0, 0.05) is 25.1 Å². The van der Waals surface area contributed by atoms with Gasteiger partial charge in [-0.1, -0.05) is 0 Å². The zero-order valence-corrected chi connectivity index (χ0v) is 14.5. The third-order valence-electron chi connectivity index (χ3n) is 5.42. The molecular formula is C19H25NO4. The number of carboxylic acid groups (broad SMARTS) is 1. The second-order valence-electron chi connectivity index (χ2n) is 7.57. The summed E-state index contributed by atoms with van der Waals surface area (Å²) in [7, 11) is 0. The van der Waals surface area contributed by atoms with Crippen molar-refractivity contribution in [2.45, 2.75) is 46.1 Å². The Balaban J connectivity index is 1.76. The molecule has 3 rings (SSSR count). The molecule has 0 aliphatic carbocycles. The van der Waals surface area contributed by atoms with Gasteiger partial charge in [0.25, 0.3) is 5.91 Å². The van der Waals surface area contributed by atoms with Gasteiger partial charge in [-0.3, -0.25) is 9.59 Å². The molecule has 0 saturated carbocycles. The number of benzene rings is 1. The summed E-state index contributed by atoms with van der Waals surface area (Å²) in [5.74, 6) is 0.0294. The molecule has 2 heterocycles. The zero-order chi connectivity index (χ0) is 17.5. The highest BCUT2D eigenvalue weighted by molar-refractivity contribution is 5.94. The van der Waals surface area contributed by atoms with Crippen molar-refractivity contribution in [3.63, 3.8) is 0 Å². The molecule has 1 saturated heterocycles. The van der Waals surface area contributed by atoms with Crippen molar-refractivity contribution in [1.82, 2.24) is 4.90 Å². The molecule has 2 aliphatic rings. The Bertz CT molecular complexity index is 667. The first-order valence-electron chi connectivity index (χ1n) is 8.61. The lowest BCUT2D eigenvalue weighted by Gasteiger charge is -2.39. The number of amides is 1. The molecule has 0 bridgehead atoms. The molecule has 130 valence electrons. The Morgan fingerprint density at radius 2 is 2.08 bits per heavy atom. The number of fused-ring (bicyclic) bond motifs is 1. The quantitative estimate of drug-likeness (QED) is 0.925. The van der Waals surface area contributed by atoms with Gasteiger partial charge >= 0.3 is 5.97 Å². The molecule has 24 heavy (non-hydrogen) atoms. The van der Waals surface area contributed by atoms with E-state index < -0.39 is 11.4 Å². The van der Waals surface area contributed by atoms with Gasteiger partial charge in [-0.15, -0.1) is 0 Å². The second-order valence-corrected chi connectivity index (χ2v) is 7.57. The molecular weight excluding hydrogens is 306 g/mol. The van der Waals surface area contributed by atoms with E-state index >= 15 is 0 Å². The summed E-state index contributed by atoms with van der Waals surface area (Å²) < 4.78 is 5.68. The molecule has 1 fully saturated rings. The number of nitrogens with zero attached hydrogens (tertiary/aromatic N) is 1. The molecule has 5 heteroatoms. The van der Waals surface area contributed by atoms with Gasteiger partial charge in [-0.25, -0.2) is 0 Å². The number of rotatable bonds is 3. The van der Waals surface area contributed by atoms with Crippen LogP contribution in [-0.2, 0) is 11.2 Å². The minimum absolute atomic E-state index is 0.0109. The highest BCUT2D eigenvalue weighted by Crippen LogP contribution is 2.35. The summed E-state index contributed by atoms with van der Waals surface area (Å²) in [5.41, 5.74) is 0.924. The Morgan fingerprint density at radius 3 is 2.79 bits per heavy atom. The third-order valence-corrected chi connectivity index (χ3v) is 5.42. The van der Waals surface area contributed by atoms with Crippen LogP contribution in [0.15, 0.2) is 18.2 Å². The van der Waals surface area contributed by atoms with Crippen LogP contribution in [0.5, 0.6) is 5.75 Å². The van der Waals surface area contributed by atoms with Crippen molar-refractivity contribution in [2.24, 2.45) is 11.3 Å². The van der Waals surface area contributed by atoms with E-state index in [4.69, 9.17) is 4.74 Å². The van der Waals surface area contributed by atoms with Crippen LogP contribution in [0.1, 0.15) is 49.5 Å². The summed E-state index contributed by atoms with van der Waals surface area (Å²) in [4.78, 5) is 26.2. The number of hydrogen-bond acceptors (Lipinski definition) is 3. The zero-order valence-electron chi connectivity index (χ0n) is 14.5. The molecule has 2 atom stereocenters. The van der Waals surface area contributed by atoms with Gasteiger partial charge < -0.3 is 14.7 Å². The van der Waals surface area contributed by atoms with E-state index in [1.807, 2.05) is 25.1 Å². The number of carboxylic acids is 1. The Morgan fingerprint density at radius 1 is 1.33 bits per heavy atom. The third kappa shape index (κ3) is 2.99. The lowest BCUT2D eigenvalue weighted by Crippen LogP contribution is -2.46. The predicted molar refractivity (Wildman–Crippen MR) is 90.3 cm³/mol. The first kappa shape index (κ1) is 16.8. The SMILES string of the molecule is CC1Cc2cc(C(=O)N3CCCC(C(C)(C)C(=O)O)C3)ccc2O1. The molecule has 2 aliphatic heterocycles. The van der Waals surface area contributed by atoms with Gasteiger partial charge in [0.05, 0.1) is 5.41 Å². The molecule has 1 N–H and O–H groups in total. The van der Waals surface area contributed by atoms with Crippen molar-refractivity contribution in [3.05, 3.63) is 29.3 Å². The summed E-state index contributed by atoms with van der Waals surface area (Å²) in [6, 6.07) is 5.60. The minimum atomic E-state index is -0.819. The summed E-state index contributed by atoms with van der Waals surface area (Å²) >= 11 is 0. The van der Waals surface area contributed by atoms with Crippen LogP contribution in [0.3, 0.4) is 0 Å². The van der Waals surface area contributed by atoms with Crippen LogP contribution in [0.25, 0.3) is 0 Å². The average molecular weight is 331 g/mol. The normalized spacial score (nSPS) is 23.5. The number of hydrogen-bond donors (Lipinski definition) is 1. The highest BCUT2D eigenvalue weighted by Gasteiger charge is 2.40. The molecule has 0 aromatic heterocycles. The van der Waals surface area contributed by atoms with Gasteiger partial charge in [0.15, 0.2) is 0 Å². The molecule has 1 amide bonds. The van der Waals surface area contributed by atoms with E-state index in [0.717, 1.165) is 30.6 Å². The molecule has 5 nitrogen and oxygen atoms in total. The van der Waals surface area contributed by atoms with E-state index in [1.54, 1.807) is 18.7 Å². The van der Waals surface area contributed by atoms with Crippen molar-refractivity contribution < 1.29 is 19.4 Å². The van der Waals surface area contributed by atoms with E-state index in [1.165, 1.54) is 0 Å². The standard InChI is InChI=1S/C19H25NO4/c1-12-9-14-10-13(6-7-16(14)24-12)17(21)20-8-4-5-15(11-20)19(2,3)18(22)23/h6-7,10,12,15H,4-5,8-9,11H2,1-3H3,(H,22,23). The molecule has 0 radical (unpaired) electrons. The average Bonchev–Trinajstić information content (AvgIpc) is 2.93. The molecule has 1 aromatic carbocycles. The Labute approximate surface area is 142 Å². The van der Waals surface area contributed by atoms with Crippen molar-refractivity contribution in [2.75, 3.05) is 13.1 Å². The maximum Gasteiger partial charge on any atom is 0.309 e. The first-order valence-corrected chi connectivity index (χ1v) is 8.61. The second kappa shape index (κ2) is 6.11. The van der Waals surface area contributed by atoms with Crippen LogP contribution in [0.4, 0.5) is 0 Å². The van der Waals surface area contributed by atoms with Crippen LogP contribution in [-0.4, -0.2) is 41.1 Å². The maximum absolute atomic E-state index is 12.9. The monoisotopic (exact) mass is 331 g/mol. The summed E-state index contributed by atoms with van der Waals surface area (Å²) in [6.45, 7) is 6.71. The van der Waals surface area contributed by atoms with Gasteiger partial charge in [-0.05, 0) is 63.3 Å². The van der Waals surface area contributed by atoms with Gasteiger partial charge in [0.1, 0.15) is 11.9 Å². The van der Waals surface area contributed by atoms with E-state index in [9.17, 15) is 14.7 Å². The minimum Gasteiger partial charge on any atom is -0.490 e. The lowest BCUT2D eigenvalue weighted by molar-refractivity contribution is -0.151. The number of carbonyl (C=O) groups is 2. The number of piperidine rings is 1. The Hall–Kier alpha value is -2.04. The predicted octanol–water partition coefficient (Wildman–Crippen LogP) is 2.97. The number of ether oxygens (including phenoxy) is 1. The van der Waals surface area contributed by atoms with Gasteiger partial charge in [0.2, 0.25) is 0 Å². The van der Waals surface area contributed by atoms with E-state index in [0.29, 0.717) is 18.7 Å². The smallest absolute Gasteiger partial charge is 0.309 e. The number of carbonyl (C=O) groups excluding carboxylic acids is 1. The van der Waals surface area contributed by atoms with Crippen LogP contribution in [0.2, 0.25) is 0 Å². The van der Waals surface area contributed by atoms with Crippen LogP contribution >= 0.6 is 0 Å². The molecule has 1 aromatic rings. The molecule has 2 unspecified atom stereocenters. The maximum atomic E-state index is 12.9. The van der Waals surface area contributed by atoms with Crippen molar-refractivity contribution in [3.8, 4) is 5.75 Å². The first-order chi connectivity index (χ1) is 11.3. The highest BCUT2D eigenvalue weighted by atomic mass is 16.5. The van der Waals surface area contributed by atoms with E-state index in [2.05, 4.69) is 0 Å². The van der Waals surface area contributed by atoms with Crippen LogP contribution in [0, 0.1) is 11.3 Å². The van der Waals surface area contributed by atoms with Crippen LogP contribution < -0.4 is 4.74 Å². The number of likely N-dealkylation sites (tertiary alicyclic amines) is 1. The fourth-order valence-electron chi connectivity index (χ4n) is 3.66. The fraction of sp³-hybridized carbons (Fsp3) is 0.579. The van der Waals surface area contributed by atoms with Crippen molar-refractivity contribution in [1.29, 1.82) is 0 Å². The lowest BCUT2D eigenvalue weighted by atomic mass is 9.74. The topological polar surface area (TPSA) is 66.8 Å². The molecule has 0 spiro atoms. The summed E-state index contributed by atoms with van der Waals surface area (Å²) in [6.07, 6.45) is 2.67. The largest absolute Gasteiger partial charge is 0.490 e. The fourth-order valence-corrected chi connectivity index (χ4v) is 3.66.